The molecular weight excluding hydrogens is 779 g/mol. The van der Waals surface area contributed by atoms with Gasteiger partial charge in [0.25, 0.3) is 11.8 Å². The maximum atomic E-state index is 14.2. The van der Waals surface area contributed by atoms with Gasteiger partial charge >= 0.3 is 5.97 Å². The number of methoxy groups -OCH3 is 1. The molecule has 3 heterocycles. The normalized spacial score (nSPS) is 14.8. The second kappa shape index (κ2) is 20.0. The van der Waals surface area contributed by atoms with Crippen LogP contribution in [0.5, 0.6) is 5.75 Å². The second-order valence-corrected chi connectivity index (χ2v) is 18.2. The lowest BCUT2D eigenvalue weighted by Gasteiger charge is -2.28. The van der Waals surface area contributed by atoms with Crippen LogP contribution in [0.2, 0.25) is 0 Å². The first-order valence-electron chi connectivity index (χ1n) is 19.6. The fourth-order valence-corrected chi connectivity index (χ4v) is 8.47. The number of hydrogen-bond acceptors (Lipinski definition) is 11. The summed E-state index contributed by atoms with van der Waals surface area (Å²) in [5.41, 5.74) is 3.13. The first-order valence-corrected chi connectivity index (χ1v) is 22.1. The van der Waals surface area contributed by atoms with Crippen LogP contribution in [0.3, 0.4) is 0 Å². The molecule has 5 rings (SSSR count). The summed E-state index contributed by atoms with van der Waals surface area (Å²) in [6, 6.07) is 16.6. The average Bonchev–Trinajstić information content (AvgIpc) is 3.91. The minimum absolute atomic E-state index is 0.0895. The minimum Gasteiger partial charge on any atom is -0.494 e. The standard InChI is InChI=1S/C43H53N5O8S2/c1-6-7-8-9-10-24-56-33-19-17-30(18-20-33)32-26-44-39(45-27-32)31-15-13-29(14-16-31)25-34(46-41(51)36-21-22-37(57-36)43(2,3)4)42(52)48-23-11-12-35(48)40(50)47-58(53,54)28-38(49)55-5/h13-22,26-27,34-35H,6-12,23-25,28H2,1-5H3,(H,46,51)(H,47,50)/t34-,35-/m0/s1. The van der Waals surface area contributed by atoms with Gasteiger partial charge in [0.1, 0.15) is 17.8 Å². The molecule has 0 spiro atoms. The van der Waals surface area contributed by atoms with Gasteiger partial charge in [0.05, 0.1) is 18.6 Å². The van der Waals surface area contributed by atoms with Crippen LogP contribution in [0.15, 0.2) is 73.1 Å². The largest absolute Gasteiger partial charge is 0.494 e. The van der Waals surface area contributed by atoms with Crippen molar-refractivity contribution in [3.63, 3.8) is 0 Å². The number of nitrogens with one attached hydrogen (secondary N) is 2. The van der Waals surface area contributed by atoms with E-state index in [9.17, 15) is 27.6 Å². The Morgan fingerprint density at radius 2 is 1.57 bits per heavy atom. The summed E-state index contributed by atoms with van der Waals surface area (Å²) in [4.78, 5) is 64.5. The van der Waals surface area contributed by atoms with Crippen LogP contribution in [0.1, 0.15) is 92.8 Å². The van der Waals surface area contributed by atoms with Gasteiger partial charge in [-0.2, -0.15) is 0 Å². The van der Waals surface area contributed by atoms with E-state index >= 15 is 0 Å². The number of hydrogen-bond donors (Lipinski definition) is 2. The second-order valence-electron chi connectivity index (χ2n) is 15.4. The maximum absolute atomic E-state index is 14.2. The molecule has 0 radical (unpaired) electrons. The van der Waals surface area contributed by atoms with Gasteiger partial charge in [-0.3, -0.25) is 23.9 Å². The fourth-order valence-electron chi connectivity index (χ4n) is 6.56. The highest BCUT2D eigenvalue weighted by Crippen LogP contribution is 2.30. The first-order chi connectivity index (χ1) is 27.7. The molecule has 2 aromatic heterocycles. The lowest BCUT2D eigenvalue weighted by molar-refractivity contribution is -0.139. The molecule has 310 valence electrons. The summed E-state index contributed by atoms with van der Waals surface area (Å²) in [7, 11) is -3.32. The molecule has 1 aliphatic rings. The van der Waals surface area contributed by atoms with Crippen molar-refractivity contribution >= 4 is 45.1 Å². The summed E-state index contributed by atoms with van der Waals surface area (Å²) >= 11 is 1.34. The lowest BCUT2D eigenvalue weighted by Crippen LogP contribution is -2.55. The average molecular weight is 832 g/mol. The van der Waals surface area contributed by atoms with Crippen LogP contribution >= 0.6 is 11.3 Å². The smallest absolute Gasteiger partial charge is 0.322 e. The Kier molecular flexibility index (Phi) is 15.2. The zero-order valence-electron chi connectivity index (χ0n) is 33.8. The van der Waals surface area contributed by atoms with Gasteiger partial charge in [0.2, 0.25) is 15.9 Å². The molecule has 0 bridgehead atoms. The van der Waals surface area contributed by atoms with E-state index in [0.29, 0.717) is 23.7 Å². The van der Waals surface area contributed by atoms with Crippen LogP contribution in [0.4, 0.5) is 0 Å². The monoisotopic (exact) mass is 831 g/mol. The van der Waals surface area contributed by atoms with Crippen LogP contribution in [0.25, 0.3) is 22.5 Å². The molecule has 13 nitrogen and oxygen atoms in total. The summed E-state index contributed by atoms with van der Waals surface area (Å²) in [5, 5.41) is 2.89. The highest BCUT2D eigenvalue weighted by Gasteiger charge is 2.39. The SMILES string of the molecule is CCCCCCCOc1ccc(-c2cnc(-c3ccc(C[C@H](NC(=O)c4ccc(C(C)(C)C)s4)C(=O)N4CCC[C@H]4C(=O)NS(=O)(=O)CC(=O)OC)cc3)nc2)cc1. The quantitative estimate of drug-likeness (QED) is 0.0836. The highest BCUT2D eigenvalue weighted by molar-refractivity contribution is 7.90. The molecule has 3 amide bonds. The topological polar surface area (TPSA) is 174 Å². The highest BCUT2D eigenvalue weighted by atomic mass is 32.2. The van der Waals surface area contributed by atoms with Gasteiger partial charge in [0.15, 0.2) is 11.6 Å². The molecular formula is C43H53N5O8S2. The number of likely N-dealkylation sites (tertiary alicyclic amines) is 1. The Morgan fingerprint density at radius 1 is 0.897 bits per heavy atom. The van der Waals surface area contributed by atoms with Crippen molar-refractivity contribution in [1.29, 1.82) is 0 Å². The van der Waals surface area contributed by atoms with Crippen molar-refractivity contribution in [3.8, 4) is 28.3 Å². The van der Waals surface area contributed by atoms with Crippen molar-refractivity contribution < 1.29 is 37.1 Å². The molecule has 58 heavy (non-hydrogen) atoms. The summed E-state index contributed by atoms with van der Waals surface area (Å²) in [5.74, 6) is -2.64. The van der Waals surface area contributed by atoms with Crippen LogP contribution in [-0.2, 0) is 41.0 Å². The van der Waals surface area contributed by atoms with E-state index < -0.39 is 51.6 Å². The van der Waals surface area contributed by atoms with Gasteiger partial charge in [-0.25, -0.2) is 18.4 Å². The van der Waals surface area contributed by atoms with E-state index in [-0.39, 0.29) is 24.8 Å². The van der Waals surface area contributed by atoms with E-state index in [4.69, 9.17) is 4.74 Å². The number of nitrogens with zero attached hydrogens (tertiary/aromatic N) is 3. The predicted octanol–water partition coefficient (Wildman–Crippen LogP) is 6.47. The Labute approximate surface area is 345 Å². The van der Waals surface area contributed by atoms with Crippen LogP contribution in [0, 0.1) is 0 Å². The number of sulfonamides is 1. The van der Waals surface area contributed by atoms with Crippen LogP contribution < -0.4 is 14.8 Å². The Hall–Kier alpha value is -5.15. The van der Waals surface area contributed by atoms with E-state index in [1.807, 2.05) is 80.1 Å². The molecule has 1 saturated heterocycles. The van der Waals surface area contributed by atoms with Gasteiger partial charge < -0.3 is 19.7 Å². The molecule has 2 atom stereocenters. The van der Waals surface area contributed by atoms with Crippen molar-refractivity contribution in [2.24, 2.45) is 0 Å². The number of aromatic nitrogens is 2. The number of carbonyl (C=O) groups excluding carboxylic acids is 4. The summed E-state index contributed by atoms with van der Waals surface area (Å²) in [6.07, 6.45) is 10.2. The Morgan fingerprint density at radius 3 is 2.21 bits per heavy atom. The van der Waals surface area contributed by atoms with Gasteiger partial charge in [0, 0.05) is 41.4 Å². The van der Waals surface area contributed by atoms with E-state index in [0.717, 1.165) is 46.4 Å². The number of amides is 3. The number of esters is 1. The minimum atomic E-state index is -4.36. The Balaban J connectivity index is 1.28. The molecule has 1 aliphatic heterocycles. The van der Waals surface area contributed by atoms with Crippen LogP contribution in [-0.4, -0.2) is 85.1 Å². The number of benzene rings is 2. The molecule has 1 fully saturated rings. The zero-order chi connectivity index (χ0) is 41.9. The number of ether oxygens (including phenoxy) is 2. The predicted molar refractivity (Wildman–Crippen MR) is 224 cm³/mol. The van der Waals surface area contributed by atoms with E-state index in [1.165, 1.54) is 41.9 Å². The fraction of sp³-hybridized carbons (Fsp3) is 0.442. The third-order valence-electron chi connectivity index (χ3n) is 9.81. The van der Waals surface area contributed by atoms with Gasteiger partial charge in [-0.1, -0.05) is 89.8 Å². The van der Waals surface area contributed by atoms with Crippen molar-refractivity contribution in [1.82, 2.24) is 24.9 Å². The molecule has 4 aromatic rings. The van der Waals surface area contributed by atoms with Crippen molar-refractivity contribution in [2.75, 3.05) is 26.0 Å². The van der Waals surface area contributed by atoms with E-state index in [2.05, 4.69) is 26.9 Å². The number of thiophene rings is 1. The molecule has 0 unspecified atom stereocenters. The third kappa shape index (κ3) is 12.2. The maximum Gasteiger partial charge on any atom is 0.322 e. The summed E-state index contributed by atoms with van der Waals surface area (Å²) in [6.45, 7) is 9.22. The Bertz CT molecular complexity index is 2130. The first kappa shape index (κ1) is 44.0. The zero-order valence-corrected chi connectivity index (χ0v) is 35.4. The van der Waals surface area contributed by atoms with Gasteiger partial charge in [-0.15, -0.1) is 11.3 Å². The molecule has 2 N–H and O–H groups in total. The lowest BCUT2D eigenvalue weighted by atomic mass is 9.95. The molecule has 2 aromatic carbocycles. The number of unbranched alkanes of at least 4 members (excludes halogenated alkanes) is 4. The third-order valence-corrected chi connectivity index (χ3v) is 12.4. The molecule has 0 saturated carbocycles. The molecule has 15 heteroatoms. The van der Waals surface area contributed by atoms with Crippen molar-refractivity contribution in [3.05, 3.63) is 88.4 Å². The van der Waals surface area contributed by atoms with Gasteiger partial charge in [-0.05, 0) is 60.1 Å². The van der Waals surface area contributed by atoms with E-state index in [1.54, 1.807) is 18.5 Å². The molecule has 0 aliphatic carbocycles. The van der Waals surface area contributed by atoms with Crippen molar-refractivity contribution in [2.45, 2.75) is 96.6 Å². The summed E-state index contributed by atoms with van der Waals surface area (Å²) < 4.78 is 37.2. The number of rotatable bonds is 18. The number of carbonyl (C=O) groups is 4.